The second kappa shape index (κ2) is 3.71. The molecule has 0 saturated carbocycles. The van der Waals surface area contributed by atoms with E-state index in [9.17, 15) is 5.11 Å². The van der Waals surface area contributed by atoms with Crippen LogP contribution in [-0.4, -0.2) is 15.1 Å². The van der Waals surface area contributed by atoms with Gasteiger partial charge in [-0.15, -0.1) is 0 Å². The number of hydrogen-bond acceptors (Lipinski definition) is 5. The van der Waals surface area contributed by atoms with Crippen LogP contribution in [0, 0.1) is 0 Å². The Bertz CT molecular complexity index is 565. The van der Waals surface area contributed by atoms with E-state index in [0.717, 1.165) is 29.9 Å². The molecule has 17 heavy (non-hydrogen) atoms. The number of fused-ring (bicyclic) bond motifs is 1. The summed E-state index contributed by atoms with van der Waals surface area (Å²) in [5, 5.41) is 12.4. The summed E-state index contributed by atoms with van der Waals surface area (Å²) in [5.41, 5.74) is 8.70. The number of rotatable bonds is 1. The van der Waals surface area contributed by atoms with Crippen LogP contribution in [0.5, 0.6) is 5.75 Å². The number of phenols is 1. The fourth-order valence-corrected chi connectivity index (χ4v) is 1.93. The van der Waals surface area contributed by atoms with Crippen LogP contribution in [0.1, 0.15) is 11.3 Å². The van der Waals surface area contributed by atoms with Gasteiger partial charge in [-0.1, -0.05) is 0 Å². The Balaban J connectivity index is 2.10. The van der Waals surface area contributed by atoms with E-state index in [1.807, 2.05) is 0 Å². The largest absolute Gasteiger partial charge is 0.508 e. The quantitative estimate of drug-likeness (QED) is 0.679. The Hall–Kier alpha value is -2.14. The number of aromatic hydroxyl groups is 1. The summed E-state index contributed by atoms with van der Waals surface area (Å²) < 4.78 is 0. The third kappa shape index (κ3) is 1.70. The minimum atomic E-state index is 0.226. The molecule has 0 unspecified atom stereocenters. The van der Waals surface area contributed by atoms with Gasteiger partial charge in [0.1, 0.15) is 11.6 Å². The summed E-state index contributed by atoms with van der Waals surface area (Å²) in [6, 6.07) is 6.78. The van der Waals surface area contributed by atoms with Crippen LogP contribution in [0.4, 0.5) is 5.82 Å². The maximum atomic E-state index is 9.24. The van der Waals surface area contributed by atoms with Crippen LogP contribution in [0.3, 0.4) is 0 Å². The maximum absolute atomic E-state index is 9.24. The molecule has 4 N–H and O–H groups in total. The molecule has 0 amide bonds. The van der Waals surface area contributed by atoms with Crippen molar-refractivity contribution in [3.05, 3.63) is 35.5 Å². The second-order valence-corrected chi connectivity index (χ2v) is 4.01. The topological polar surface area (TPSA) is 84.1 Å². The summed E-state index contributed by atoms with van der Waals surface area (Å²) in [6.07, 6.45) is 0. The van der Waals surface area contributed by atoms with E-state index in [-0.39, 0.29) is 5.75 Å². The SMILES string of the molecule is Nc1nc(-c2ccc(O)cc2)nc2c1CNC2. The first-order chi connectivity index (χ1) is 8.24. The van der Waals surface area contributed by atoms with Crippen molar-refractivity contribution in [1.29, 1.82) is 0 Å². The first-order valence-electron chi connectivity index (χ1n) is 5.39. The Morgan fingerprint density at radius 1 is 1.12 bits per heavy atom. The average molecular weight is 228 g/mol. The van der Waals surface area contributed by atoms with Gasteiger partial charge in [0, 0.05) is 24.2 Å². The van der Waals surface area contributed by atoms with Crippen molar-refractivity contribution in [2.75, 3.05) is 5.73 Å². The highest BCUT2D eigenvalue weighted by Crippen LogP contribution is 2.24. The Labute approximate surface area is 98.3 Å². The number of nitrogens with one attached hydrogen (secondary N) is 1. The molecule has 0 atom stereocenters. The van der Waals surface area contributed by atoms with Crippen LogP contribution in [0.15, 0.2) is 24.3 Å². The van der Waals surface area contributed by atoms with Crippen LogP contribution in [0.2, 0.25) is 0 Å². The third-order valence-corrected chi connectivity index (χ3v) is 2.84. The average Bonchev–Trinajstić information content (AvgIpc) is 2.78. The summed E-state index contributed by atoms with van der Waals surface area (Å²) in [7, 11) is 0. The van der Waals surface area contributed by atoms with Crippen LogP contribution < -0.4 is 11.1 Å². The summed E-state index contributed by atoms with van der Waals surface area (Å²) in [4.78, 5) is 8.77. The number of hydrogen-bond donors (Lipinski definition) is 3. The van der Waals surface area contributed by atoms with Crippen molar-refractivity contribution in [2.45, 2.75) is 13.1 Å². The molecule has 0 spiro atoms. The first-order valence-corrected chi connectivity index (χ1v) is 5.39. The third-order valence-electron chi connectivity index (χ3n) is 2.84. The Morgan fingerprint density at radius 3 is 2.65 bits per heavy atom. The first kappa shape index (κ1) is 10.0. The lowest BCUT2D eigenvalue weighted by Gasteiger charge is -2.06. The number of aromatic nitrogens is 2. The fourth-order valence-electron chi connectivity index (χ4n) is 1.93. The molecule has 86 valence electrons. The monoisotopic (exact) mass is 228 g/mol. The highest BCUT2D eigenvalue weighted by molar-refractivity contribution is 5.60. The smallest absolute Gasteiger partial charge is 0.161 e. The van der Waals surface area contributed by atoms with E-state index in [2.05, 4.69) is 15.3 Å². The number of nitrogens with zero attached hydrogens (tertiary/aromatic N) is 2. The highest BCUT2D eigenvalue weighted by atomic mass is 16.3. The number of nitrogens with two attached hydrogens (primary N) is 1. The van der Waals surface area contributed by atoms with Crippen LogP contribution in [-0.2, 0) is 13.1 Å². The van der Waals surface area contributed by atoms with Crippen molar-refractivity contribution in [1.82, 2.24) is 15.3 Å². The Kier molecular flexibility index (Phi) is 2.19. The molecule has 1 aromatic carbocycles. The molecule has 0 aliphatic carbocycles. The summed E-state index contributed by atoms with van der Waals surface area (Å²) in [6.45, 7) is 1.46. The predicted octanol–water partition coefficient (Wildman–Crippen LogP) is 1.03. The molecule has 2 aromatic rings. The van der Waals surface area contributed by atoms with Crippen molar-refractivity contribution < 1.29 is 5.11 Å². The lowest BCUT2D eigenvalue weighted by molar-refractivity contribution is 0.475. The molecule has 0 saturated heterocycles. The molecule has 5 heteroatoms. The van der Waals surface area contributed by atoms with Crippen molar-refractivity contribution in [2.24, 2.45) is 0 Å². The predicted molar refractivity (Wildman–Crippen MR) is 64.1 cm³/mol. The van der Waals surface area contributed by atoms with Gasteiger partial charge < -0.3 is 16.2 Å². The molecule has 0 radical (unpaired) electrons. The van der Waals surface area contributed by atoms with Gasteiger partial charge in [0.2, 0.25) is 0 Å². The van der Waals surface area contributed by atoms with Gasteiger partial charge in [0.05, 0.1) is 5.69 Å². The molecular weight excluding hydrogens is 216 g/mol. The summed E-state index contributed by atoms with van der Waals surface area (Å²) in [5.74, 6) is 1.36. The molecule has 1 aliphatic heterocycles. The second-order valence-electron chi connectivity index (χ2n) is 4.01. The lowest BCUT2D eigenvalue weighted by Crippen LogP contribution is -2.02. The zero-order chi connectivity index (χ0) is 11.8. The molecule has 0 fully saturated rings. The van der Waals surface area contributed by atoms with Gasteiger partial charge >= 0.3 is 0 Å². The van der Waals surface area contributed by atoms with Crippen LogP contribution >= 0.6 is 0 Å². The Morgan fingerprint density at radius 2 is 1.88 bits per heavy atom. The molecular formula is C12H12N4O. The zero-order valence-electron chi connectivity index (χ0n) is 9.14. The standard InChI is InChI=1S/C12H12N4O/c13-11-9-5-14-6-10(9)15-12(16-11)7-1-3-8(17)4-2-7/h1-4,14,17H,5-6H2,(H2,13,15,16). The summed E-state index contributed by atoms with van der Waals surface area (Å²) >= 11 is 0. The number of phenolic OH excluding ortho intramolecular Hbond substituents is 1. The van der Waals surface area contributed by atoms with E-state index in [4.69, 9.17) is 5.73 Å². The van der Waals surface area contributed by atoms with E-state index < -0.39 is 0 Å². The molecule has 1 aliphatic rings. The van der Waals surface area contributed by atoms with E-state index in [0.29, 0.717) is 11.6 Å². The van der Waals surface area contributed by atoms with Crippen molar-refractivity contribution in [3.63, 3.8) is 0 Å². The molecule has 0 bridgehead atoms. The van der Waals surface area contributed by atoms with E-state index >= 15 is 0 Å². The zero-order valence-corrected chi connectivity index (χ0v) is 9.14. The van der Waals surface area contributed by atoms with Gasteiger partial charge in [-0.2, -0.15) is 0 Å². The van der Waals surface area contributed by atoms with Gasteiger partial charge in [0.25, 0.3) is 0 Å². The van der Waals surface area contributed by atoms with E-state index in [1.165, 1.54) is 0 Å². The number of anilines is 1. The highest BCUT2D eigenvalue weighted by Gasteiger charge is 2.17. The van der Waals surface area contributed by atoms with Crippen molar-refractivity contribution >= 4 is 5.82 Å². The van der Waals surface area contributed by atoms with Gasteiger partial charge in [-0.25, -0.2) is 9.97 Å². The number of nitrogen functional groups attached to an aromatic ring is 1. The normalized spacial score (nSPS) is 13.6. The lowest BCUT2D eigenvalue weighted by atomic mass is 10.2. The minimum absolute atomic E-state index is 0.226. The van der Waals surface area contributed by atoms with E-state index in [1.54, 1.807) is 24.3 Å². The fraction of sp³-hybridized carbons (Fsp3) is 0.167. The molecule has 2 heterocycles. The molecule has 5 nitrogen and oxygen atoms in total. The van der Waals surface area contributed by atoms with Crippen LogP contribution in [0.25, 0.3) is 11.4 Å². The van der Waals surface area contributed by atoms with Gasteiger partial charge in [0.15, 0.2) is 5.82 Å². The minimum Gasteiger partial charge on any atom is -0.508 e. The van der Waals surface area contributed by atoms with Gasteiger partial charge in [-0.3, -0.25) is 0 Å². The van der Waals surface area contributed by atoms with Crippen molar-refractivity contribution in [3.8, 4) is 17.1 Å². The van der Waals surface area contributed by atoms with Gasteiger partial charge in [-0.05, 0) is 24.3 Å². The molecule has 3 rings (SSSR count). The number of benzene rings is 1. The molecule has 1 aromatic heterocycles. The maximum Gasteiger partial charge on any atom is 0.161 e.